The Hall–Kier alpha value is -3.60. The summed E-state index contributed by atoms with van der Waals surface area (Å²) in [4.78, 5) is 43.8. The van der Waals surface area contributed by atoms with Crippen molar-refractivity contribution in [2.45, 2.75) is 0 Å². The summed E-state index contributed by atoms with van der Waals surface area (Å²) in [6.45, 7) is 0. The third-order valence-corrected chi connectivity index (χ3v) is 6.88. The van der Waals surface area contributed by atoms with Gasteiger partial charge in [0.1, 0.15) is 11.4 Å². The average molecular weight is 527 g/mol. The molecule has 2 heterocycles. The highest BCUT2D eigenvalue weighted by Crippen LogP contribution is 2.34. The molecule has 0 aliphatic carbocycles. The summed E-state index contributed by atoms with van der Waals surface area (Å²) in [7, 11) is 1.51. The van der Waals surface area contributed by atoms with Crippen molar-refractivity contribution in [3.8, 4) is 5.75 Å². The number of halogens is 1. The van der Waals surface area contributed by atoms with Gasteiger partial charge in [-0.05, 0) is 60.0 Å². The Balaban J connectivity index is 1.54. The molecule has 3 aromatic rings. The van der Waals surface area contributed by atoms with Crippen LogP contribution in [0.1, 0.15) is 15.2 Å². The molecule has 4 rings (SSSR count). The number of carbonyl (C=O) groups is 3. The van der Waals surface area contributed by atoms with Gasteiger partial charge in [-0.2, -0.15) is 0 Å². The lowest BCUT2D eigenvalue weighted by atomic mass is 10.2. The van der Waals surface area contributed by atoms with E-state index in [2.05, 4.69) is 10.3 Å². The number of methoxy groups -OCH3 is 1. The van der Waals surface area contributed by atoms with Crippen molar-refractivity contribution >= 4 is 75.0 Å². The van der Waals surface area contributed by atoms with Gasteiger partial charge < -0.3 is 15.8 Å². The van der Waals surface area contributed by atoms with Crippen molar-refractivity contribution in [2.75, 3.05) is 23.1 Å². The van der Waals surface area contributed by atoms with Gasteiger partial charge in [-0.1, -0.05) is 29.4 Å². The largest absolute Gasteiger partial charge is 0.495 e. The highest BCUT2D eigenvalue weighted by molar-refractivity contribution is 8.14. The van der Waals surface area contributed by atoms with Crippen LogP contribution in [0.4, 0.5) is 11.4 Å². The van der Waals surface area contributed by atoms with E-state index in [1.807, 2.05) is 17.5 Å². The topological polar surface area (TPSA) is 114 Å². The minimum absolute atomic E-state index is 0.00362. The molecule has 1 aromatic heterocycles. The number of amides is 3. The predicted octanol–water partition coefficient (Wildman–Crippen LogP) is 4.62. The van der Waals surface area contributed by atoms with Gasteiger partial charge in [0, 0.05) is 16.1 Å². The smallest absolute Gasteiger partial charge is 0.283 e. The van der Waals surface area contributed by atoms with Crippen molar-refractivity contribution in [3.05, 3.63) is 81.1 Å². The van der Waals surface area contributed by atoms with Crippen LogP contribution in [0.5, 0.6) is 5.75 Å². The van der Waals surface area contributed by atoms with Gasteiger partial charge in [0.25, 0.3) is 5.91 Å². The second-order valence-corrected chi connectivity index (χ2v) is 9.51. The van der Waals surface area contributed by atoms with Crippen LogP contribution in [0.3, 0.4) is 0 Å². The Morgan fingerprint density at radius 2 is 2.00 bits per heavy atom. The molecule has 0 atom stereocenters. The number of nitrogens with one attached hydrogen (secondary N) is 1. The van der Waals surface area contributed by atoms with Crippen LogP contribution in [0.25, 0.3) is 6.08 Å². The van der Waals surface area contributed by atoms with E-state index in [4.69, 9.17) is 22.1 Å². The minimum atomic E-state index is -0.549. The fraction of sp³-hybridized carbons (Fsp3) is 0.0833. The summed E-state index contributed by atoms with van der Waals surface area (Å²) < 4.78 is 5.20. The van der Waals surface area contributed by atoms with Gasteiger partial charge in [-0.3, -0.25) is 19.3 Å². The summed E-state index contributed by atoms with van der Waals surface area (Å²) >= 11 is 8.89. The number of thioether (sulfide) groups is 1. The second-order valence-electron chi connectivity index (χ2n) is 7.18. The molecule has 0 saturated heterocycles. The van der Waals surface area contributed by atoms with E-state index < -0.39 is 5.91 Å². The minimum Gasteiger partial charge on any atom is -0.495 e. The van der Waals surface area contributed by atoms with Gasteiger partial charge in [-0.25, -0.2) is 4.99 Å². The van der Waals surface area contributed by atoms with Crippen LogP contribution in [0.15, 0.2) is 70.7 Å². The maximum atomic E-state index is 13.3. The van der Waals surface area contributed by atoms with Crippen molar-refractivity contribution in [1.29, 1.82) is 0 Å². The summed E-state index contributed by atoms with van der Waals surface area (Å²) in [6, 6.07) is 15.0. The average Bonchev–Trinajstić information content (AvgIpc) is 3.46. The van der Waals surface area contributed by atoms with E-state index in [0.29, 0.717) is 32.9 Å². The number of ether oxygens (including phenoxy) is 1. The van der Waals surface area contributed by atoms with E-state index in [1.165, 1.54) is 35.5 Å². The van der Waals surface area contributed by atoms with Crippen LogP contribution < -0.4 is 20.7 Å². The zero-order valence-corrected chi connectivity index (χ0v) is 20.7. The zero-order valence-electron chi connectivity index (χ0n) is 18.4. The number of nitrogens with two attached hydrogens (primary N) is 1. The van der Waals surface area contributed by atoms with Crippen molar-refractivity contribution in [2.24, 2.45) is 10.7 Å². The number of primary amides is 1. The van der Waals surface area contributed by atoms with Gasteiger partial charge >= 0.3 is 0 Å². The number of hydrogen-bond donors (Lipinski definition) is 2. The summed E-state index contributed by atoms with van der Waals surface area (Å²) in [5.74, 6) is -0.710. The highest BCUT2D eigenvalue weighted by atomic mass is 35.5. The molecule has 0 radical (unpaired) electrons. The summed E-state index contributed by atoms with van der Waals surface area (Å²) in [5.41, 5.74) is 6.86. The Labute approximate surface area is 214 Å². The molecule has 3 N–H and O–H groups in total. The first-order chi connectivity index (χ1) is 16.9. The highest BCUT2D eigenvalue weighted by Gasteiger charge is 2.33. The summed E-state index contributed by atoms with van der Waals surface area (Å²) in [5, 5.41) is 5.35. The molecule has 0 spiro atoms. The summed E-state index contributed by atoms with van der Waals surface area (Å²) in [6.07, 6.45) is 1.71. The number of rotatable bonds is 7. The molecule has 35 heavy (non-hydrogen) atoms. The Morgan fingerprint density at radius 3 is 2.63 bits per heavy atom. The lowest BCUT2D eigenvalue weighted by molar-refractivity contribution is -0.114. The standard InChI is InChI=1S/C24H19ClN4O4S2/c1-33-20-9-8-16(11-18(20)25)29-23(32)19(12-17-3-2-10-34-17)28-24(29)35-13-21(30)27-15-6-4-14(5-7-15)22(26)31/h2-12H,13H2,1H3,(H2,26,31)(H,27,30)/b19-12+. The first-order valence-corrected chi connectivity index (χ1v) is 12.4. The molecule has 178 valence electrons. The van der Waals surface area contributed by atoms with Crippen LogP contribution in [-0.4, -0.2) is 35.8 Å². The van der Waals surface area contributed by atoms with E-state index in [9.17, 15) is 14.4 Å². The van der Waals surface area contributed by atoms with E-state index in [1.54, 1.807) is 36.4 Å². The molecule has 0 fully saturated rings. The van der Waals surface area contributed by atoms with Crippen molar-refractivity contribution < 1.29 is 19.1 Å². The van der Waals surface area contributed by atoms with Crippen LogP contribution >= 0.6 is 34.7 Å². The third-order valence-electron chi connectivity index (χ3n) is 4.83. The van der Waals surface area contributed by atoms with E-state index in [-0.39, 0.29) is 23.3 Å². The van der Waals surface area contributed by atoms with Crippen molar-refractivity contribution in [3.63, 3.8) is 0 Å². The monoisotopic (exact) mass is 526 g/mol. The normalized spacial score (nSPS) is 14.2. The first-order valence-electron chi connectivity index (χ1n) is 10.2. The molecule has 0 bridgehead atoms. The predicted molar refractivity (Wildman–Crippen MR) is 141 cm³/mol. The Morgan fingerprint density at radius 1 is 1.23 bits per heavy atom. The Kier molecular flexibility index (Phi) is 7.54. The third kappa shape index (κ3) is 5.73. The molecule has 1 aliphatic heterocycles. The molecule has 11 heteroatoms. The van der Waals surface area contributed by atoms with Gasteiger partial charge in [0.15, 0.2) is 5.17 Å². The number of nitrogens with zero attached hydrogens (tertiary/aromatic N) is 2. The molecular weight excluding hydrogens is 508 g/mol. The number of benzene rings is 2. The number of anilines is 2. The lowest BCUT2D eigenvalue weighted by Crippen LogP contribution is -2.31. The fourth-order valence-electron chi connectivity index (χ4n) is 3.17. The fourth-order valence-corrected chi connectivity index (χ4v) is 4.88. The first kappa shape index (κ1) is 24.5. The van der Waals surface area contributed by atoms with Crippen LogP contribution in [0, 0.1) is 0 Å². The van der Waals surface area contributed by atoms with E-state index in [0.717, 1.165) is 16.6 Å². The zero-order chi connectivity index (χ0) is 24.9. The molecule has 3 amide bonds. The quantitative estimate of drug-likeness (QED) is 0.436. The molecule has 0 saturated carbocycles. The van der Waals surface area contributed by atoms with Gasteiger partial charge in [0.05, 0.1) is 23.6 Å². The number of carbonyl (C=O) groups excluding carboxylic acids is 3. The number of aliphatic imine (C=N–C) groups is 1. The maximum Gasteiger partial charge on any atom is 0.283 e. The maximum absolute atomic E-state index is 13.3. The number of amidine groups is 1. The lowest BCUT2D eigenvalue weighted by Gasteiger charge is -2.18. The molecule has 1 aliphatic rings. The molecule has 8 nitrogen and oxygen atoms in total. The molecule has 0 unspecified atom stereocenters. The van der Waals surface area contributed by atoms with Crippen molar-refractivity contribution in [1.82, 2.24) is 0 Å². The van der Waals surface area contributed by atoms with Gasteiger partial charge in [-0.15, -0.1) is 11.3 Å². The molecule has 2 aromatic carbocycles. The van der Waals surface area contributed by atoms with Gasteiger partial charge in [0.2, 0.25) is 11.8 Å². The Bertz CT molecular complexity index is 1340. The van der Waals surface area contributed by atoms with Crippen LogP contribution in [0.2, 0.25) is 5.02 Å². The molecular formula is C24H19ClN4O4S2. The van der Waals surface area contributed by atoms with Crippen LogP contribution in [-0.2, 0) is 9.59 Å². The number of thiophene rings is 1. The second kappa shape index (κ2) is 10.8. The van der Waals surface area contributed by atoms with E-state index >= 15 is 0 Å². The number of hydrogen-bond acceptors (Lipinski definition) is 7. The SMILES string of the molecule is COc1ccc(N2C(=O)/C(=C\c3cccs3)N=C2SCC(=O)Nc2ccc(C(N)=O)cc2)cc1Cl.